The van der Waals surface area contributed by atoms with Crippen LogP contribution in [0.5, 0.6) is 0 Å². The number of carbonyl (C=O) groups is 1. The Kier molecular flexibility index (Phi) is 4.26. The molecular formula is C19H13N3O4. The molecule has 1 aromatic carbocycles. The first-order chi connectivity index (χ1) is 12.8. The number of nitrogens with zero attached hydrogens (tertiary/aromatic N) is 3. The largest absolute Gasteiger partial charge is 0.457 e. The van der Waals surface area contributed by atoms with E-state index in [-0.39, 0.29) is 18.3 Å². The van der Waals surface area contributed by atoms with Gasteiger partial charge in [-0.1, -0.05) is 35.5 Å². The van der Waals surface area contributed by atoms with E-state index in [0.717, 1.165) is 5.56 Å². The van der Waals surface area contributed by atoms with Crippen molar-refractivity contribution in [2.45, 2.75) is 6.61 Å². The van der Waals surface area contributed by atoms with Crippen molar-refractivity contribution >= 4 is 5.97 Å². The molecule has 0 amide bonds. The zero-order valence-electron chi connectivity index (χ0n) is 13.5. The van der Waals surface area contributed by atoms with Gasteiger partial charge in [0.1, 0.15) is 0 Å². The molecule has 0 unspecified atom stereocenters. The van der Waals surface area contributed by atoms with Crippen molar-refractivity contribution in [3.8, 4) is 22.5 Å². The van der Waals surface area contributed by atoms with Gasteiger partial charge >= 0.3 is 5.97 Å². The predicted molar refractivity (Wildman–Crippen MR) is 90.8 cm³/mol. The monoisotopic (exact) mass is 347 g/mol. The fourth-order valence-corrected chi connectivity index (χ4v) is 2.43. The van der Waals surface area contributed by atoms with Crippen molar-refractivity contribution in [2.24, 2.45) is 0 Å². The number of aromatic nitrogens is 3. The number of hydrogen-bond acceptors (Lipinski definition) is 7. The van der Waals surface area contributed by atoms with Crippen LogP contribution in [0.15, 0.2) is 76.1 Å². The maximum Gasteiger partial charge on any atom is 0.375 e. The average Bonchev–Trinajstić information content (AvgIpc) is 3.37. The third-order valence-electron chi connectivity index (χ3n) is 3.65. The van der Waals surface area contributed by atoms with Crippen LogP contribution < -0.4 is 0 Å². The topological polar surface area (TPSA) is 91.2 Å². The molecule has 128 valence electrons. The Labute approximate surface area is 148 Å². The molecule has 0 N–H and O–H groups in total. The third kappa shape index (κ3) is 3.23. The molecule has 0 radical (unpaired) electrons. The summed E-state index contributed by atoms with van der Waals surface area (Å²) in [7, 11) is 0. The standard InChI is InChI=1S/C19H13N3O4/c23-19(17-15(8-10-24-17)13-5-2-1-3-6-13)25-12-16-21-18(22-26-16)14-7-4-9-20-11-14/h1-11H,12H2. The number of carbonyl (C=O) groups excluding carboxylic acids is 1. The van der Waals surface area contributed by atoms with E-state index in [1.807, 2.05) is 36.4 Å². The number of pyridine rings is 1. The predicted octanol–water partition coefficient (Wildman–Crippen LogP) is 3.75. The lowest BCUT2D eigenvalue weighted by atomic mass is 10.1. The number of esters is 1. The van der Waals surface area contributed by atoms with Crippen molar-refractivity contribution in [1.82, 2.24) is 15.1 Å². The van der Waals surface area contributed by atoms with E-state index in [4.69, 9.17) is 13.7 Å². The fourth-order valence-electron chi connectivity index (χ4n) is 2.43. The maximum absolute atomic E-state index is 12.3. The lowest BCUT2D eigenvalue weighted by molar-refractivity contribution is 0.0395. The molecule has 3 aromatic heterocycles. The summed E-state index contributed by atoms with van der Waals surface area (Å²) in [6, 6.07) is 14.7. The van der Waals surface area contributed by atoms with Gasteiger partial charge in [-0.3, -0.25) is 4.98 Å². The molecular weight excluding hydrogens is 334 g/mol. The molecule has 0 saturated carbocycles. The summed E-state index contributed by atoms with van der Waals surface area (Å²) in [4.78, 5) is 20.5. The van der Waals surface area contributed by atoms with Crippen LogP contribution in [0.4, 0.5) is 0 Å². The number of hydrogen-bond donors (Lipinski definition) is 0. The summed E-state index contributed by atoms with van der Waals surface area (Å²) in [5.74, 6) is 0.0929. The van der Waals surface area contributed by atoms with E-state index in [1.54, 1.807) is 24.5 Å². The molecule has 4 aromatic rings. The lowest BCUT2D eigenvalue weighted by Crippen LogP contribution is -2.05. The third-order valence-corrected chi connectivity index (χ3v) is 3.65. The molecule has 3 heterocycles. The zero-order chi connectivity index (χ0) is 17.8. The Morgan fingerprint density at radius 3 is 2.69 bits per heavy atom. The van der Waals surface area contributed by atoms with Gasteiger partial charge in [0, 0.05) is 23.5 Å². The molecule has 0 fully saturated rings. The van der Waals surface area contributed by atoms with Crippen molar-refractivity contribution in [1.29, 1.82) is 0 Å². The van der Waals surface area contributed by atoms with Crippen LogP contribution in [0.2, 0.25) is 0 Å². The normalized spacial score (nSPS) is 10.6. The molecule has 0 atom stereocenters. The highest BCUT2D eigenvalue weighted by molar-refractivity contribution is 5.94. The van der Waals surface area contributed by atoms with Gasteiger partial charge in [-0.25, -0.2) is 4.79 Å². The zero-order valence-corrected chi connectivity index (χ0v) is 13.5. The van der Waals surface area contributed by atoms with Crippen LogP contribution in [0.25, 0.3) is 22.5 Å². The SMILES string of the molecule is O=C(OCc1nc(-c2cccnc2)no1)c1occc1-c1ccccc1. The van der Waals surface area contributed by atoms with Gasteiger partial charge in [-0.15, -0.1) is 0 Å². The second kappa shape index (κ2) is 7.02. The van der Waals surface area contributed by atoms with Crippen molar-refractivity contribution < 1.29 is 18.5 Å². The minimum atomic E-state index is -0.602. The second-order valence-corrected chi connectivity index (χ2v) is 5.36. The van der Waals surface area contributed by atoms with Crippen LogP contribution in [0.3, 0.4) is 0 Å². The summed E-state index contributed by atoms with van der Waals surface area (Å²) in [6.07, 6.45) is 4.72. The summed E-state index contributed by atoms with van der Waals surface area (Å²) >= 11 is 0. The Balaban J connectivity index is 1.46. The van der Waals surface area contributed by atoms with Gasteiger partial charge in [-0.2, -0.15) is 4.98 Å². The molecule has 26 heavy (non-hydrogen) atoms. The Hall–Kier alpha value is -3.74. The minimum Gasteiger partial charge on any atom is -0.457 e. The van der Waals surface area contributed by atoms with Gasteiger partial charge in [0.25, 0.3) is 5.89 Å². The molecule has 7 nitrogen and oxygen atoms in total. The minimum absolute atomic E-state index is 0.128. The van der Waals surface area contributed by atoms with Crippen LogP contribution in [-0.2, 0) is 11.3 Å². The van der Waals surface area contributed by atoms with Crippen molar-refractivity contribution in [3.63, 3.8) is 0 Å². The molecule has 0 aliphatic carbocycles. The number of rotatable bonds is 5. The van der Waals surface area contributed by atoms with E-state index >= 15 is 0 Å². The van der Waals surface area contributed by atoms with E-state index < -0.39 is 5.97 Å². The van der Waals surface area contributed by atoms with Crippen LogP contribution in [0, 0.1) is 0 Å². The fraction of sp³-hybridized carbons (Fsp3) is 0.0526. The molecule has 0 aliphatic heterocycles. The quantitative estimate of drug-likeness (QED) is 0.508. The van der Waals surface area contributed by atoms with E-state index in [0.29, 0.717) is 17.0 Å². The lowest BCUT2D eigenvalue weighted by Gasteiger charge is -2.02. The van der Waals surface area contributed by atoms with Crippen LogP contribution in [-0.4, -0.2) is 21.1 Å². The highest BCUT2D eigenvalue weighted by Gasteiger charge is 2.19. The number of benzene rings is 1. The van der Waals surface area contributed by atoms with Gasteiger partial charge in [0.05, 0.1) is 6.26 Å². The van der Waals surface area contributed by atoms with Crippen molar-refractivity contribution in [3.05, 3.63) is 78.8 Å². The van der Waals surface area contributed by atoms with E-state index in [2.05, 4.69) is 15.1 Å². The summed E-state index contributed by atoms with van der Waals surface area (Å²) in [5.41, 5.74) is 2.24. The highest BCUT2D eigenvalue weighted by Crippen LogP contribution is 2.25. The van der Waals surface area contributed by atoms with Crippen LogP contribution >= 0.6 is 0 Å². The summed E-state index contributed by atoms with van der Waals surface area (Å²) < 4.78 is 15.6. The average molecular weight is 347 g/mol. The Morgan fingerprint density at radius 2 is 1.88 bits per heavy atom. The number of furan rings is 1. The first-order valence-corrected chi connectivity index (χ1v) is 7.84. The highest BCUT2D eigenvalue weighted by atomic mass is 16.6. The van der Waals surface area contributed by atoms with Crippen LogP contribution in [0.1, 0.15) is 16.4 Å². The maximum atomic E-state index is 12.3. The molecule has 0 bridgehead atoms. The smallest absolute Gasteiger partial charge is 0.375 e. The Morgan fingerprint density at radius 1 is 1.04 bits per heavy atom. The van der Waals surface area contributed by atoms with Crippen molar-refractivity contribution in [2.75, 3.05) is 0 Å². The first-order valence-electron chi connectivity index (χ1n) is 7.84. The molecule has 4 rings (SSSR count). The van der Waals surface area contributed by atoms with E-state index in [1.165, 1.54) is 6.26 Å². The number of ether oxygens (including phenoxy) is 1. The van der Waals surface area contributed by atoms with Gasteiger partial charge < -0.3 is 13.7 Å². The van der Waals surface area contributed by atoms with E-state index in [9.17, 15) is 4.79 Å². The molecule has 0 aliphatic rings. The second-order valence-electron chi connectivity index (χ2n) is 5.36. The molecule has 0 spiro atoms. The summed E-state index contributed by atoms with van der Waals surface area (Å²) in [6.45, 7) is -0.152. The Bertz CT molecular complexity index is 1010. The molecule has 0 saturated heterocycles. The molecule has 7 heteroatoms. The summed E-state index contributed by atoms with van der Waals surface area (Å²) in [5, 5.41) is 3.85. The van der Waals surface area contributed by atoms with Gasteiger partial charge in [0.15, 0.2) is 6.61 Å². The van der Waals surface area contributed by atoms with Gasteiger partial charge in [0.2, 0.25) is 11.6 Å². The van der Waals surface area contributed by atoms with Gasteiger partial charge in [-0.05, 0) is 23.8 Å². The first kappa shape index (κ1) is 15.8.